The van der Waals surface area contributed by atoms with E-state index in [1.165, 1.54) is 24.3 Å². The number of furan rings is 1. The van der Waals surface area contributed by atoms with Crippen LogP contribution < -0.4 is 10.6 Å². The van der Waals surface area contributed by atoms with Gasteiger partial charge in [0.05, 0.1) is 30.0 Å². The van der Waals surface area contributed by atoms with E-state index in [-0.39, 0.29) is 41.5 Å². The first-order valence-corrected chi connectivity index (χ1v) is 9.07. The number of hydrogen-bond acceptors (Lipinski definition) is 6. The van der Waals surface area contributed by atoms with Crippen LogP contribution in [0.5, 0.6) is 0 Å². The van der Waals surface area contributed by atoms with Gasteiger partial charge in [0.1, 0.15) is 12.4 Å². The number of esters is 2. The molecule has 0 fully saturated rings. The van der Waals surface area contributed by atoms with Crippen LogP contribution in [0, 0.1) is 0 Å². The van der Waals surface area contributed by atoms with Gasteiger partial charge in [0.2, 0.25) is 5.76 Å². The summed E-state index contributed by atoms with van der Waals surface area (Å²) in [5.41, 5.74) is -0.573. The Labute approximate surface area is 174 Å². The second-order valence-corrected chi connectivity index (χ2v) is 6.30. The van der Waals surface area contributed by atoms with Gasteiger partial charge in [-0.05, 0) is 31.2 Å². The molecule has 3 rings (SSSR count). The maximum absolute atomic E-state index is 12.9. The normalized spacial score (nSPS) is 14.0. The quantitative estimate of drug-likeness (QED) is 0.671. The highest BCUT2D eigenvalue weighted by molar-refractivity contribution is 5.94. The molecule has 1 aliphatic heterocycles. The van der Waals surface area contributed by atoms with Crippen molar-refractivity contribution < 1.29 is 41.4 Å². The third kappa shape index (κ3) is 5.24. The molecule has 2 amide bonds. The molecular formula is C20H17F3N2O6. The average Bonchev–Trinajstić information content (AvgIpc) is 3.22. The number of rotatable bonds is 6. The van der Waals surface area contributed by atoms with Crippen molar-refractivity contribution in [1.29, 1.82) is 0 Å². The molecular weight excluding hydrogens is 421 g/mol. The lowest BCUT2D eigenvalue weighted by Crippen LogP contribution is -2.45. The van der Waals surface area contributed by atoms with E-state index in [0.717, 1.165) is 12.1 Å². The molecule has 8 nitrogen and oxygen atoms in total. The van der Waals surface area contributed by atoms with Crippen molar-refractivity contribution in [2.24, 2.45) is 0 Å². The molecule has 0 radical (unpaired) electrons. The highest BCUT2D eigenvalue weighted by atomic mass is 19.4. The first-order valence-electron chi connectivity index (χ1n) is 9.07. The van der Waals surface area contributed by atoms with Gasteiger partial charge in [0.25, 0.3) is 0 Å². The number of urea groups is 1. The van der Waals surface area contributed by atoms with Gasteiger partial charge in [-0.2, -0.15) is 13.2 Å². The largest absolute Gasteiger partial charge is 0.463 e. The number of carbonyl (C=O) groups is 3. The Bertz CT molecular complexity index is 1040. The molecule has 31 heavy (non-hydrogen) atoms. The average molecular weight is 438 g/mol. The molecule has 1 aromatic carbocycles. The van der Waals surface area contributed by atoms with Crippen LogP contribution in [0.4, 0.5) is 18.0 Å². The Balaban J connectivity index is 1.73. The number of halogens is 3. The van der Waals surface area contributed by atoms with E-state index in [1.807, 2.05) is 0 Å². The van der Waals surface area contributed by atoms with Crippen LogP contribution in [0.1, 0.15) is 23.0 Å². The molecule has 164 valence electrons. The van der Waals surface area contributed by atoms with Gasteiger partial charge >= 0.3 is 24.1 Å². The van der Waals surface area contributed by atoms with E-state index >= 15 is 0 Å². The van der Waals surface area contributed by atoms with Crippen molar-refractivity contribution in [3.63, 3.8) is 0 Å². The highest BCUT2D eigenvalue weighted by Crippen LogP contribution is 2.32. The Morgan fingerprint density at radius 1 is 1.13 bits per heavy atom. The van der Waals surface area contributed by atoms with Gasteiger partial charge in [-0.25, -0.2) is 14.4 Å². The predicted octanol–water partition coefficient (Wildman–Crippen LogP) is 3.25. The van der Waals surface area contributed by atoms with Crippen molar-refractivity contribution >= 4 is 18.0 Å². The monoisotopic (exact) mass is 438 g/mol. The fourth-order valence-electron chi connectivity index (χ4n) is 2.73. The lowest BCUT2D eigenvalue weighted by Gasteiger charge is -2.20. The van der Waals surface area contributed by atoms with Crippen molar-refractivity contribution in [2.75, 3.05) is 19.8 Å². The van der Waals surface area contributed by atoms with Crippen molar-refractivity contribution in [2.45, 2.75) is 13.1 Å². The zero-order valence-electron chi connectivity index (χ0n) is 16.2. The van der Waals surface area contributed by atoms with Gasteiger partial charge < -0.3 is 24.5 Å². The Hall–Kier alpha value is -3.76. The van der Waals surface area contributed by atoms with Gasteiger partial charge in [-0.3, -0.25) is 0 Å². The lowest BCUT2D eigenvalue weighted by atomic mass is 10.1. The maximum Gasteiger partial charge on any atom is 0.416 e. The lowest BCUT2D eigenvalue weighted by molar-refractivity contribution is -0.139. The number of amides is 2. The van der Waals surface area contributed by atoms with Crippen LogP contribution in [0.15, 0.2) is 52.1 Å². The van der Waals surface area contributed by atoms with Gasteiger partial charge in [-0.1, -0.05) is 12.1 Å². The van der Waals surface area contributed by atoms with Crippen LogP contribution >= 0.6 is 0 Å². The second kappa shape index (κ2) is 8.94. The summed E-state index contributed by atoms with van der Waals surface area (Å²) in [6.45, 7) is 1.19. The summed E-state index contributed by atoms with van der Waals surface area (Å²) in [4.78, 5) is 35.8. The highest BCUT2D eigenvalue weighted by Gasteiger charge is 2.31. The molecule has 0 atom stereocenters. The summed E-state index contributed by atoms with van der Waals surface area (Å²) in [5.74, 6) is -1.82. The topological polar surface area (TPSA) is 107 Å². The molecule has 0 bridgehead atoms. The molecule has 0 saturated carbocycles. The van der Waals surface area contributed by atoms with Crippen LogP contribution in [-0.4, -0.2) is 37.7 Å². The standard InChI is InChI=1S/C20H17F3N2O6/c1-2-29-17(26)13-9-24-19(28)25-14(13)10-30-18(27)16-7-6-15(31-16)11-4-3-5-12(8-11)20(21,22)23/h3-8H,2,9-10H2,1H3,(H2,24,25,28). The summed E-state index contributed by atoms with van der Waals surface area (Å²) in [6, 6.07) is 6.45. The Morgan fingerprint density at radius 2 is 1.90 bits per heavy atom. The number of hydrogen-bond donors (Lipinski definition) is 2. The van der Waals surface area contributed by atoms with Crippen molar-refractivity contribution in [3.8, 4) is 11.3 Å². The van der Waals surface area contributed by atoms with E-state index in [1.54, 1.807) is 6.92 Å². The predicted molar refractivity (Wildman–Crippen MR) is 99.6 cm³/mol. The molecule has 2 heterocycles. The zero-order chi connectivity index (χ0) is 22.6. The molecule has 1 aromatic heterocycles. The minimum atomic E-state index is -4.52. The molecule has 2 N–H and O–H groups in total. The van der Waals surface area contributed by atoms with Crippen LogP contribution in [0.3, 0.4) is 0 Å². The summed E-state index contributed by atoms with van der Waals surface area (Å²) in [7, 11) is 0. The Kier molecular flexibility index (Phi) is 6.33. The van der Waals surface area contributed by atoms with Crippen LogP contribution in [0.25, 0.3) is 11.3 Å². The Morgan fingerprint density at radius 3 is 2.61 bits per heavy atom. The zero-order valence-corrected chi connectivity index (χ0v) is 16.2. The summed E-state index contributed by atoms with van der Waals surface area (Å²) in [5, 5.41) is 4.79. The third-order valence-corrected chi connectivity index (χ3v) is 4.21. The molecule has 0 unspecified atom stereocenters. The fourth-order valence-corrected chi connectivity index (χ4v) is 2.73. The number of carbonyl (C=O) groups excluding carboxylic acids is 3. The number of nitrogens with one attached hydrogen (secondary N) is 2. The molecule has 1 aliphatic rings. The molecule has 11 heteroatoms. The molecule has 2 aromatic rings. The van der Waals surface area contributed by atoms with E-state index in [4.69, 9.17) is 13.9 Å². The van der Waals surface area contributed by atoms with Crippen LogP contribution in [-0.2, 0) is 20.4 Å². The third-order valence-electron chi connectivity index (χ3n) is 4.21. The van der Waals surface area contributed by atoms with E-state index in [0.29, 0.717) is 0 Å². The summed E-state index contributed by atoms with van der Waals surface area (Å²) < 4.78 is 53.9. The van der Waals surface area contributed by atoms with Gasteiger partial charge in [0, 0.05) is 5.56 Å². The minimum Gasteiger partial charge on any atom is -0.463 e. The molecule has 0 spiro atoms. The minimum absolute atomic E-state index is 0.0413. The van der Waals surface area contributed by atoms with E-state index in [9.17, 15) is 27.6 Å². The molecule has 0 aliphatic carbocycles. The summed E-state index contributed by atoms with van der Waals surface area (Å²) >= 11 is 0. The number of alkyl halides is 3. The van der Waals surface area contributed by atoms with Gasteiger partial charge in [0.15, 0.2) is 0 Å². The number of benzene rings is 1. The van der Waals surface area contributed by atoms with E-state index in [2.05, 4.69) is 10.6 Å². The number of ether oxygens (including phenoxy) is 2. The van der Waals surface area contributed by atoms with Crippen LogP contribution in [0.2, 0.25) is 0 Å². The first kappa shape index (κ1) is 21.9. The smallest absolute Gasteiger partial charge is 0.416 e. The SMILES string of the molecule is CCOC(=O)C1=C(COC(=O)c2ccc(-c3cccc(C(F)(F)F)c3)o2)NC(=O)NC1. The molecule has 0 saturated heterocycles. The van der Waals surface area contributed by atoms with Crippen molar-refractivity contribution in [3.05, 3.63) is 59.0 Å². The van der Waals surface area contributed by atoms with E-state index < -0.39 is 36.3 Å². The first-order chi connectivity index (χ1) is 14.7. The second-order valence-electron chi connectivity index (χ2n) is 6.30. The fraction of sp³-hybridized carbons (Fsp3) is 0.250. The van der Waals surface area contributed by atoms with Gasteiger partial charge in [-0.15, -0.1) is 0 Å². The summed E-state index contributed by atoms with van der Waals surface area (Å²) in [6.07, 6.45) is -4.52. The maximum atomic E-state index is 12.9. The van der Waals surface area contributed by atoms with Crippen molar-refractivity contribution in [1.82, 2.24) is 10.6 Å².